The third-order valence-corrected chi connectivity index (χ3v) is 6.99. The Balaban J connectivity index is 1.92. The second kappa shape index (κ2) is 12.2. The lowest BCUT2D eigenvalue weighted by molar-refractivity contribution is 0.0559. The van der Waals surface area contributed by atoms with Crippen molar-refractivity contribution in [3.8, 4) is 11.5 Å². The van der Waals surface area contributed by atoms with Gasteiger partial charge in [0.25, 0.3) is 0 Å². The lowest BCUT2D eigenvalue weighted by Crippen LogP contribution is -2.36. The van der Waals surface area contributed by atoms with E-state index in [1.54, 1.807) is 6.07 Å². The molecule has 1 aliphatic heterocycles. The predicted octanol–water partition coefficient (Wildman–Crippen LogP) is 8.06. The van der Waals surface area contributed by atoms with E-state index in [-0.39, 0.29) is 11.4 Å². The molecule has 2 N–H and O–H groups in total. The van der Waals surface area contributed by atoms with Crippen molar-refractivity contribution >= 4 is 7.82 Å². The molecule has 1 aliphatic rings. The first-order valence-electron chi connectivity index (χ1n) is 12.3. The number of rotatable bonds is 11. The zero-order chi connectivity index (χ0) is 25.5. The average Bonchev–Trinajstić information content (AvgIpc) is 2.70. The Bertz CT molecular complexity index is 995. The molecule has 2 rings (SSSR count). The van der Waals surface area contributed by atoms with Crippen LogP contribution < -0.4 is 9.26 Å². The van der Waals surface area contributed by atoms with Crippen LogP contribution in [0.1, 0.15) is 96.3 Å². The zero-order valence-electron chi connectivity index (χ0n) is 22.0. The standard InChI is InChI=1S/C28H43O5P/c1-20(2)11-8-12-21(3)13-9-14-22(4)15-10-17-28(7)18-16-25-24(6)26(33-34(29,30)31)19-23(5)27(25)32-28/h11,13,15,19H,8-10,12,14,16-18H2,1-7H3,(H2,29,30,31)/b21-13+,22-15+/t28-/m1/s1. The monoisotopic (exact) mass is 490 g/mol. The van der Waals surface area contributed by atoms with Gasteiger partial charge in [0.15, 0.2) is 0 Å². The molecule has 5 nitrogen and oxygen atoms in total. The summed E-state index contributed by atoms with van der Waals surface area (Å²) in [5, 5.41) is 0. The van der Waals surface area contributed by atoms with Crippen molar-refractivity contribution in [2.75, 3.05) is 0 Å². The van der Waals surface area contributed by atoms with Crippen LogP contribution in [0.2, 0.25) is 0 Å². The highest BCUT2D eigenvalue weighted by molar-refractivity contribution is 7.46. The van der Waals surface area contributed by atoms with Crippen LogP contribution in [0.4, 0.5) is 0 Å². The molecule has 1 atom stereocenters. The molecular weight excluding hydrogens is 447 g/mol. The Hall–Kier alpha value is -1.81. The van der Waals surface area contributed by atoms with E-state index in [1.165, 1.54) is 16.7 Å². The molecule has 0 amide bonds. The summed E-state index contributed by atoms with van der Waals surface area (Å²) in [4.78, 5) is 18.4. The van der Waals surface area contributed by atoms with E-state index in [9.17, 15) is 14.4 Å². The first kappa shape index (κ1) is 28.4. The van der Waals surface area contributed by atoms with Gasteiger partial charge in [0.2, 0.25) is 0 Å². The summed E-state index contributed by atoms with van der Waals surface area (Å²) in [7, 11) is -4.60. The van der Waals surface area contributed by atoms with E-state index in [4.69, 9.17) is 9.26 Å². The molecule has 0 fully saturated rings. The van der Waals surface area contributed by atoms with E-state index in [1.807, 2.05) is 13.8 Å². The van der Waals surface area contributed by atoms with Crippen molar-refractivity contribution in [1.82, 2.24) is 0 Å². The number of benzene rings is 1. The van der Waals surface area contributed by atoms with Gasteiger partial charge in [-0.25, -0.2) is 4.57 Å². The Labute approximate surface area is 206 Å². The predicted molar refractivity (Wildman–Crippen MR) is 141 cm³/mol. The molecule has 34 heavy (non-hydrogen) atoms. The summed E-state index contributed by atoms with van der Waals surface area (Å²) >= 11 is 0. The highest BCUT2D eigenvalue weighted by Gasteiger charge is 2.34. The Morgan fingerprint density at radius 2 is 1.65 bits per heavy atom. The molecule has 0 aromatic heterocycles. The van der Waals surface area contributed by atoms with Crippen molar-refractivity contribution in [2.24, 2.45) is 0 Å². The zero-order valence-corrected chi connectivity index (χ0v) is 22.9. The molecule has 0 spiro atoms. The molecular formula is C28H43O5P. The number of hydrogen-bond acceptors (Lipinski definition) is 3. The van der Waals surface area contributed by atoms with Gasteiger partial charge in [0, 0.05) is 5.56 Å². The van der Waals surface area contributed by atoms with E-state index in [2.05, 4.69) is 52.8 Å². The van der Waals surface area contributed by atoms with Gasteiger partial charge in [-0.2, -0.15) is 0 Å². The minimum absolute atomic E-state index is 0.233. The summed E-state index contributed by atoms with van der Waals surface area (Å²) in [6.07, 6.45) is 15.0. The Morgan fingerprint density at radius 3 is 2.24 bits per heavy atom. The fourth-order valence-corrected chi connectivity index (χ4v) is 4.87. The topological polar surface area (TPSA) is 76.0 Å². The number of ether oxygens (including phenoxy) is 1. The number of phosphoric acid groups is 1. The van der Waals surface area contributed by atoms with Crippen molar-refractivity contribution in [2.45, 2.75) is 105 Å². The number of hydrogen-bond donors (Lipinski definition) is 2. The molecule has 0 aliphatic carbocycles. The van der Waals surface area contributed by atoms with E-state index < -0.39 is 7.82 Å². The normalized spacial score (nSPS) is 18.9. The van der Waals surface area contributed by atoms with Crippen LogP contribution in [0.5, 0.6) is 11.5 Å². The SMILES string of the molecule is CC(C)=CCC/C(C)=C/CC/C(C)=C/CC[C@]1(C)CCc2c(C)c(OP(=O)(O)O)cc(C)c2O1. The lowest BCUT2D eigenvalue weighted by Gasteiger charge is -2.37. The molecule has 0 radical (unpaired) electrons. The van der Waals surface area contributed by atoms with Crippen LogP contribution in [-0.4, -0.2) is 15.4 Å². The van der Waals surface area contributed by atoms with Gasteiger partial charge in [-0.3, -0.25) is 9.79 Å². The van der Waals surface area contributed by atoms with Crippen molar-refractivity contribution in [3.63, 3.8) is 0 Å². The number of fused-ring (bicyclic) bond motifs is 1. The van der Waals surface area contributed by atoms with Crippen LogP contribution in [0, 0.1) is 13.8 Å². The van der Waals surface area contributed by atoms with E-state index in [0.717, 1.165) is 73.8 Å². The maximum absolute atomic E-state index is 11.3. The Morgan fingerprint density at radius 1 is 1.06 bits per heavy atom. The van der Waals surface area contributed by atoms with Gasteiger partial charge in [0.05, 0.1) is 0 Å². The largest absolute Gasteiger partial charge is 0.524 e. The molecule has 1 aromatic carbocycles. The first-order chi connectivity index (χ1) is 15.8. The number of aryl methyl sites for hydroxylation is 1. The van der Waals surface area contributed by atoms with Crippen molar-refractivity contribution in [1.29, 1.82) is 0 Å². The summed E-state index contributed by atoms with van der Waals surface area (Å²) in [5.41, 5.74) is 6.58. The second-order valence-corrected chi connectivity index (χ2v) is 11.4. The van der Waals surface area contributed by atoms with Crippen molar-refractivity contribution < 1.29 is 23.6 Å². The van der Waals surface area contributed by atoms with E-state index >= 15 is 0 Å². The molecule has 0 saturated carbocycles. The van der Waals surface area contributed by atoms with Gasteiger partial charge in [-0.05, 0) is 117 Å². The fourth-order valence-electron chi connectivity index (χ4n) is 4.42. The van der Waals surface area contributed by atoms with Gasteiger partial charge in [-0.1, -0.05) is 34.9 Å². The average molecular weight is 491 g/mol. The summed E-state index contributed by atoms with van der Waals surface area (Å²) in [5.74, 6) is 1.07. The maximum atomic E-state index is 11.3. The lowest BCUT2D eigenvalue weighted by atomic mass is 9.86. The Kier molecular flexibility index (Phi) is 10.2. The molecule has 0 bridgehead atoms. The first-order valence-corrected chi connectivity index (χ1v) is 13.8. The minimum Gasteiger partial charge on any atom is -0.487 e. The molecule has 0 saturated heterocycles. The highest BCUT2D eigenvalue weighted by atomic mass is 31.2. The highest BCUT2D eigenvalue weighted by Crippen LogP contribution is 2.46. The third kappa shape index (κ3) is 9.09. The second-order valence-electron chi connectivity index (χ2n) is 10.3. The summed E-state index contributed by atoms with van der Waals surface area (Å²) in [6.45, 7) is 14.6. The van der Waals surface area contributed by atoms with Crippen LogP contribution in [0.15, 0.2) is 41.0 Å². The van der Waals surface area contributed by atoms with Gasteiger partial charge in [-0.15, -0.1) is 0 Å². The number of allylic oxidation sites excluding steroid dienone is 6. The third-order valence-electron chi connectivity index (χ3n) is 6.56. The number of phosphoric ester groups is 1. The smallest absolute Gasteiger partial charge is 0.487 e. The summed E-state index contributed by atoms with van der Waals surface area (Å²) in [6, 6.07) is 1.66. The summed E-state index contributed by atoms with van der Waals surface area (Å²) < 4.78 is 22.7. The van der Waals surface area contributed by atoms with Gasteiger partial charge in [0.1, 0.15) is 17.1 Å². The molecule has 1 heterocycles. The quantitative estimate of drug-likeness (QED) is 0.242. The van der Waals surface area contributed by atoms with Crippen molar-refractivity contribution in [3.05, 3.63) is 57.7 Å². The molecule has 0 unspecified atom stereocenters. The van der Waals surface area contributed by atoms with Crippen LogP contribution in [0.3, 0.4) is 0 Å². The molecule has 190 valence electrons. The molecule has 1 aromatic rings. The fraction of sp³-hybridized carbons (Fsp3) is 0.571. The van der Waals surface area contributed by atoms with Crippen LogP contribution >= 0.6 is 7.82 Å². The van der Waals surface area contributed by atoms with E-state index in [0.29, 0.717) is 0 Å². The maximum Gasteiger partial charge on any atom is 0.524 e. The van der Waals surface area contributed by atoms with Crippen LogP contribution in [-0.2, 0) is 11.0 Å². The van der Waals surface area contributed by atoms with Gasteiger partial charge < -0.3 is 9.26 Å². The minimum atomic E-state index is -4.60. The molecule has 6 heteroatoms. The van der Waals surface area contributed by atoms with Crippen LogP contribution in [0.25, 0.3) is 0 Å². The van der Waals surface area contributed by atoms with Gasteiger partial charge >= 0.3 is 7.82 Å².